The highest BCUT2D eigenvalue weighted by Crippen LogP contribution is 2.17. The van der Waals surface area contributed by atoms with Crippen LogP contribution in [0, 0.1) is 0 Å². The first-order valence-corrected chi connectivity index (χ1v) is 5.44. The van der Waals surface area contributed by atoms with Crippen LogP contribution in [0.25, 0.3) is 0 Å². The Bertz CT molecular complexity index is 291. The van der Waals surface area contributed by atoms with Crippen LogP contribution in [0.5, 0.6) is 0 Å². The van der Waals surface area contributed by atoms with E-state index in [1.165, 1.54) is 0 Å². The van der Waals surface area contributed by atoms with Gasteiger partial charge in [-0.25, -0.2) is 4.98 Å². The minimum atomic E-state index is 0.0503. The zero-order chi connectivity index (χ0) is 11.4. The number of nitrogens with two attached hydrogens (primary N) is 1. The van der Waals surface area contributed by atoms with E-state index >= 15 is 0 Å². The summed E-state index contributed by atoms with van der Waals surface area (Å²) >= 11 is 0. The van der Waals surface area contributed by atoms with Crippen molar-refractivity contribution < 1.29 is 0 Å². The minimum absolute atomic E-state index is 0.0503. The Hall–Kier alpha value is -0.870. The highest BCUT2D eigenvalue weighted by atomic mass is 15.1. The Kier molecular flexibility index (Phi) is 4.29. The summed E-state index contributed by atoms with van der Waals surface area (Å²) in [4.78, 5) is 6.35. The molecule has 2 N–H and O–H groups in total. The van der Waals surface area contributed by atoms with Crippen molar-refractivity contribution in [3.63, 3.8) is 0 Å². The summed E-state index contributed by atoms with van der Waals surface area (Å²) in [6.07, 6.45) is 4.85. The predicted molar refractivity (Wildman–Crippen MR) is 62.7 cm³/mol. The number of hydrogen-bond acceptors (Lipinski definition) is 3. The lowest BCUT2D eigenvalue weighted by molar-refractivity contribution is 0.353. The van der Waals surface area contributed by atoms with Crippen LogP contribution < -0.4 is 5.73 Å². The van der Waals surface area contributed by atoms with Gasteiger partial charge in [0.05, 0.1) is 12.0 Å². The number of aromatic nitrogens is 2. The topological polar surface area (TPSA) is 47.1 Å². The molecule has 0 aromatic carbocycles. The van der Waals surface area contributed by atoms with Crippen molar-refractivity contribution in [3.8, 4) is 0 Å². The van der Waals surface area contributed by atoms with Crippen LogP contribution in [0.4, 0.5) is 0 Å². The Morgan fingerprint density at radius 1 is 1.47 bits per heavy atom. The molecule has 0 aliphatic carbocycles. The Balaban J connectivity index is 2.64. The average Bonchev–Trinajstić information content (AvgIpc) is 2.62. The van der Waals surface area contributed by atoms with Crippen LogP contribution in [0.2, 0.25) is 0 Å². The first kappa shape index (κ1) is 12.2. The van der Waals surface area contributed by atoms with Crippen LogP contribution in [-0.4, -0.2) is 35.1 Å². The van der Waals surface area contributed by atoms with Gasteiger partial charge in [-0.2, -0.15) is 0 Å². The highest BCUT2D eigenvalue weighted by Gasteiger charge is 2.12. The van der Waals surface area contributed by atoms with E-state index in [1.54, 1.807) is 0 Å². The summed E-state index contributed by atoms with van der Waals surface area (Å²) in [6, 6.07) is 0.505. The third-order valence-electron chi connectivity index (χ3n) is 2.63. The molecular weight excluding hydrogens is 188 g/mol. The molecule has 0 fully saturated rings. The van der Waals surface area contributed by atoms with E-state index in [2.05, 4.69) is 35.5 Å². The summed E-state index contributed by atoms with van der Waals surface area (Å²) in [5.74, 6) is 0. The van der Waals surface area contributed by atoms with Crippen LogP contribution in [0.3, 0.4) is 0 Å². The number of hydrogen-bond donors (Lipinski definition) is 1. The SMILES string of the molecule is CC(N)c1cncn1C(C)CCN(C)C. The predicted octanol–water partition coefficient (Wildman–Crippen LogP) is 1.42. The summed E-state index contributed by atoms with van der Waals surface area (Å²) in [6.45, 7) is 5.28. The molecule has 1 rings (SSSR count). The highest BCUT2D eigenvalue weighted by molar-refractivity contribution is 5.04. The van der Waals surface area contributed by atoms with E-state index in [0.717, 1.165) is 18.7 Å². The van der Waals surface area contributed by atoms with Gasteiger partial charge < -0.3 is 15.2 Å². The lowest BCUT2D eigenvalue weighted by Gasteiger charge is -2.20. The molecule has 1 aromatic heterocycles. The molecule has 1 heterocycles. The monoisotopic (exact) mass is 210 g/mol. The van der Waals surface area contributed by atoms with Crippen LogP contribution in [0.15, 0.2) is 12.5 Å². The van der Waals surface area contributed by atoms with Crippen molar-refractivity contribution in [2.45, 2.75) is 32.4 Å². The molecule has 1 aromatic rings. The van der Waals surface area contributed by atoms with Crippen molar-refractivity contribution in [1.29, 1.82) is 0 Å². The summed E-state index contributed by atoms with van der Waals surface area (Å²) in [5, 5.41) is 0. The molecule has 0 saturated carbocycles. The molecule has 2 unspecified atom stereocenters. The Morgan fingerprint density at radius 3 is 2.67 bits per heavy atom. The van der Waals surface area contributed by atoms with Crippen LogP contribution >= 0.6 is 0 Å². The van der Waals surface area contributed by atoms with Gasteiger partial charge in [-0.3, -0.25) is 0 Å². The summed E-state index contributed by atoms with van der Waals surface area (Å²) in [5.41, 5.74) is 6.99. The van der Waals surface area contributed by atoms with Gasteiger partial charge in [0, 0.05) is 18.3 Å². The molecule has 86 valence electrons. The molecule has 0 aliphatic heterocycles. The zero-order valence-electron chi connectivity index (χ0n) is 10.1. The first-order chi connectivity index (χ1) is 7.02. The number of rotatable bonds is 5. The molecule has 0 aliphatic rings. The molecule has 0 bridgehead atoms. The maximum atomic E-state index is 5.88. The van der Waals surface area contributed by atoms with Crippen molar-refractivity contribution in [2.75, 3.05) is 20.6 Å². The fourth-order valence-electron chi connectivity index (χ4n) is 1.62. The van der Waals surface area contributed by atoms with Crippen molar-refractivity contribution in [3.05, 3.63) is 18.2 Å². The molecule has 15 heavy (non-hydrogen) atoms. The lowest BCUT2D eigenvalue weighted by Crippen LogP contribution is -2.20. The summed E-state index contributed by atoms with van der Waals surface area (Å²) < 4.78 is 2.17. The fraction of sp³-hybridized carbons (Fsp3) is 0.727. The minimum Gasteiger partial charge on any atom is -0.330 e. The third kappa shape index (κ3) is 3.32. The largest absolute Gasteiger partial charge is 0.330 e. The molecule has 2 atom stereocenters. The Labute approximate surface area is 92.1 Å². The molecular formula is C11H22N4. The second kappa shape index (κ2) is 5.28. The fourth-order valence-corrected chi connectivity index (χ4v) is 1.62. The summed E-state index contributed by atoms with van der Waals surface area (Å²) in [7, 11) is 4.18. The zero-order valence-corrected chi connectivity index (χ0v) is 10.1. The first-order valence-electron chi connectivity index (χ1n) is 5.44. The second-order valence-electron chi connectivity index (χ2n) is 4.46. The van der Waals surface area contributed by atoms with E-state index in [1.807, 2.05) is 19.4 Å². The smallest absolute Gasteiger partial charge is 0.0951 e. The standard InChI is InChI=1S/C11H22N4/c1-9(5-6-14(3)4)15-8-13-7-11(15)10(2)12/h7-10H,5-6,12H2,1-4H3. The molecule has 4 heteroatoms. The lowest BCUT2D eigenvalue weighted by atomic mass is 10.2. The number of nitrogens with zero attached hydrogens (tertiary/aromatic N) is 3. The van der Waals surface area contributed by atoms with Gasteiger partial charge in [-0.05, 0) is 40.9 Å². The van der Waals surface area contributed by atoms with Gasteiger partial charge in [-0.15, -0.1) is 0 Å². The van der Waals surface area contributed by atoms with Gasteiger partial charge >= 0.3 is 0 Å². The van der Waals surface area contributed by atoms with E-state index < -0.39 is 0 Å². The average molecular weight is 210 g/mol. The molecule has 0 spiro atoms. The van der Waals surface area contributed by atoms with Crippen molar-refractivity contribution in [2.24, 2.45) is 5.73 Å². The maximum Gasteiger partial charge on any atom is 0.0951 e. The van der Waals surface area contributed by atoms with Gasteiger partial charge in [0.15, 0.2) is 0 Å². The van der Waals surface area contributed by atoms with Crippen molar-refractivity contribution >= 4 is 0 Å². The maximum absolute atomic E-state index is 5.88. The molecule has 0 amide bonds. The van der Waals surface area contributed by atoms with Gasteiger partial charge in [0.25, 0.3) is 0 Å². The van der Waals surface area contributed by atoms with Gasteiger partial charge in [-0.1, -0.05) is 0 Å². The second-order valence-corrected chi connectivity index (χ2v) is 4.46. The normalized spacial score (nSPS) is 15.6. The van der Waals surface area contributed by atoms with Gasteiger partial charge in [0.1, 0.15) is 0 Å². The van der Waals surface area contributed by atoms with E-state index in [-0.39, 0.29) is 6.04 Å². The van der Waals surface area contributed by atoms with Crippen LogP contribution in [-0.2, 0) is 0 Å². The molecule has 0 radical (unpaired) electrons. The van der Waals surface area contributed by atoms with Crippen molar-refractivity contribution in [1.82, 2.24) is 14.5 Å². The third-order valence-corrected chi connectivity index (χ3v) is 2.63. The Morgan fingerprint density at radius 2 is 2.13 bits per heavy atom. The number of imidazole rings is 1. The molecule has 0 saturated heterocycles. The van der Waals surface area contributed by atoms with Crippen LogP contribution in [0.1, 0.15) is 38.0 Å². The quantitative estimate of drug-likeness (QED) is 0.799. The molecule has 4 nitrogen and oxygen atoms in total. The van der Waals surface area contributed by atoms with Gasteiger partial charge in [0.2, 0.25) is 0 Å². The van der Waals surface area contributed by atoms with E-state index in [9.17, 15) is 0 Å². The van der Waals surface area contributed by atoms with E-state index in [0.29, 0.717) is 6.04 Å². The van der Waals surface area contributed by atoms with E-state index in [4.69, 9.17) is 5.73 Å².